The third kappa shape index (κ3) is 5.09. The van der Waals surface area contributed by atoms with Gasteiger partial charge in [-0.25, -0.2) is 18.7 Å². The van der Waals surface area contributed by atoms with E-state index in [2.05, 4.69) is 26.0 Å². The van der Waals surface area contributed by atoms with Gasteiger partial charge >= 0.3 is 5.97 Å². The van der Waals surface area contributed by atoms with Gasteiger partial charge in [0.1, 0.15) is 17.1 Å². The SMILES string of the molecule is O=C1COc2ccc(CNC(=O)c3cc(C(=O)NCC4CC=C(C(=O)O)S4)n4ncc(F)c4n3)cc2N1. The summed E-state index contributed by atoms with van der Waals surface area (Å²) >= 11 is 1.14. The number of rotatable bonds is 7. The van der Waals surface area contributed by atoms with Crippen molar-refractivity contribution in [2.75, 3.05) is 18.5 Å². The fourth-order valence-corrected chi connectivity index (χ4v) is 4.81. The number of anilines is 1. The molecule has 37 heavy (non-hydrogen) atoms. The molecule has 0 saturated carbocycles. The molecule has 2 aliphatic rings. The summed E-state index contributed by atoms with van der Waals surface area (Å²) in [5, 5.41) is 20.8. The molecule has 4 heterocycles. The number of carboxylic acids is 1. The molecule has 0 bridgehead atoms. The Morgan fingerprint density at radius 3 is 2.86 bits per heavy atom. The maximum absolute atomic E-state index is 14.3. The van der Waals surface area contributed by atoms with Crippen LogP contribution >= 0.6 is 11.8 Å². The first-order valence-corrected chi connectivity index (χ1v) is 11.9. The number of nitrogens with one attached hydrogen (secondary N) is 3. The number of thioether (sulfide) groups is 1. The van der Waals surface area contributed by atoms with Crippen molar-refractivity contribution in [1.82, 2.24) is 25.2 Å². The molecule has 3 amide bonds. The maximum Gasteiger partial charge on any atom is 0.341 e. The fraction of sp³-hybridized carbons (Fsp3) is 0.217. The summed E-state index contributed by atoms with van der Waals surface area (Å²) in [5.41, 5.74) is 0.542. The molecule has 4 N–H and O–H groups in total. The Hall–Kier alpha value is -4.46. The molecule has 0 radical (unpaired) electrons. The zero-order chi connectivity index (χ0) is 26.1. The number of carbonyl (C=O) groups is 4. The maximum atomic E-state index is 14.3. The lowest BCUT2D eigenvalue weighted by atomic mass is 10.1. The minimum atomic E-state index is -1.02. The standard InChI is InChI=1S/C23H19FN6O6S/c24-13-9-27-30-16(22(33)26-8-12-2-4-18(37-12)23(34)35)6-15(29-20(13)30)21(32)25-7-11-1-3-17-14(5-11)28-19(31)10-36-17/h1,3-6,9,12H,2,7-8,10H2,(H,25,32)(H,26,33)(H,28,31)(H,34,35). The van der Waals surface area contributed by atoms with E-state index in [4.69, 9.17) is 9.84 Å². The van der Waals surface area contributed by atoms with E-state index in [-0.39, 0.29) is 52.8 Å². The topological polar surface area (TPSA) is 164 Å². The summed E-state index contributed by atoms with van der Waals surface area (Å²) in [6.07, 6.45) is 2.95. The first-order valence-electron chi connectivity index (χ1n) is 11.0. The van der Waals surface area contributed by atoms with E-state index in [0.717, 1.165) is 22.5 Å². The van der Waals surface area contributed by atoms with Crippen molar-refractivity contribution in [3.8, 4) is 5.75 Å². The number of nitrogens with zero attached hydrogens (tertiary/aromatic N) is 3. The van der Waals surface area contributed by atoms with E-state index >= 15 is 0 Å². The van der Waals surface area contributed by atoms with Gasteiger partial charge < -0.3 is 25.8 Å². The molecule has 2 aromatic heterocycles. The quantitative estimate of drug-likeness (QED) is 0.356. The monoisotopic (exact) mass is 526 g/mol. The molecule has 12 nitrogen and oxygen atoms in total. The molecular formula is C23H19FN6O6S. The van der Waals surface area contributed by atoms with Crippen molar-refractivity contribution in [2.45, 2.75) is 18.2 Å². The predicted octanol–water partition coefficient (Wildman–Crippen LogP) is 1.33. The van der Waals surface area contributed by atoms with Gasteiger partial charge in [0.15, 0.2) is 18.1 Å². The number of allylic oxidation sites excluding steroid dienone is 1. The lowest BCUT2D eigenvalue weighted by Gasteiger charge is -2.18. The number of aliphatic carboxylic acids is 1. The van der Waals surface area contributed by atoms with E-state index < -0.39 is 23.6 Å². The molecule has 1 unspecified atom stereocenters. The lowest BCUT2D eigenvalue weighted by Crippen LogP contribution is -2.32. The first-order chi connectivity index (χ1) is 17.8. The van der Waals surface area contributed by atoms with Gasteiger partial charge in [-0.1, -0.05) is 12.1 Å². The molecule has 190 valence electrons. The number of aromatic nitrogens is 3. The van der Waals surface area contributed by atoms with Crippen LogP contribution in [0, 0.1) is 5.82 Å². The number of carbonyl (C=O) groups excluding carboxylic acids is 3. The Morgan fingerprint density at radius 2 is 2.08 bits per heavy atom. The molecule has 14 heteroatoms. The van der Waals surface area contributed by atoms with Crippen LogP contribution in [0.5, 0.6) is 5.75 Å². The number of benzene rings is 1. The molecule has 0 saturated heterocycles. The van der Waals surface area contributed by atoms with Crippen molar-refractivity contribution in [2.24, 2.45) is 0 Å². The Labute approximate surface area is 212 Å². The molecule has 1 aromatic carbocycles. The smallest absolute Gasteiger partial charge is 0.341 e. The van der Waals surface area contributed by atoms with E-state index in [1.54, 1.807) is 24.3 Å². The lowest BCUT2D eigenvalue weighted by molar-refractivity contribution is -0.131. The summed E-state index contributed by atoms with van der Waals surface area (Å²) in [6, 6.07) is 6.24. The van der Waals surface area contributed by atoms with Crippen LogP contribution < -0.4 is 20.7 Å². The number of amides is 3. The Bertz CT molecular complexity index is 1490. The van der Waals surface area contributed by atoms with Crippen molar-refractivity contribution in [3.63, 3.8) is 0 Å². The van der Waals surface area contributed by atoms with Crippen molar-refractivity contribution in [1.29, 1.82) is 0 Å². The van der Waals surface area contributed by atoms with Gasteiger partial charge in [-0.2, -0.15) is 5.10 Å². The van der Waals surface area contributed by atoms with Crippen molar-refractivity contribution in [3.05, 3.63) is 64.2 Å². The molecule has 2 aliphatic heterocycles. The van der Waals surface area contributed by atoms with Gasteiger partial charge in [0, 0.05) is 24.4 Å². The Kier molecular flexibility index (Phi) is 6.48. The zero-order valence-corrected chi connectivity index (χ0v) is 19.8. The fourth-order valence-electron chi connectivity index (χ4n) is 3.80. The van der Waals surface area contributed by atoms with Gasteiger partial charge in [-0.05, 0) is 24.1 Å². The van der Waals surface area contributed by atoms with Gasteiger partial charge in [-0.15, -0.1) is 11.8 Å². The highest BCUT2D eigenvalue weighted by Crippen LogP contribution is 2.32. The number of fused-ring (bicyclic) bond motifs is 2. The van der Waals surface area contributed by atoms with Crippen LogP contribution in [0.4, 0.5) is 10.1 Å². The average molecular weight is 527 g/mol. The molecule has 3 aromatic rings. The number of ether oxygens (including phenoxy) is 1. The number of halogens is 1. The highest BCUT2D eigenvalue weighted by molar-refractivity contribution is 8.04. The van der Waals surface area contributed by atoms with Crippen LogP contribution in [0.1, 0.15) is 33.0 Å². The van der Waals surface area contributed by atoms with Crippen LogP contribution in [-0.4, -0.2) is 61.8 Å². The Morgan fingerprint density at radius 1 is 1.24 bits per heavy atom. The summed E-state index contributed by atoms with van der Waals surface area (Å²) < 4.78 is 20.6. The normalized spacial score (nSPS) is 16.4. The highest BCUT2D eigenvalue weighted by Gasteiger charge is 2.25. The zero-order valence-electron chi connectivity index (χ0n) is 19.0. The number of hydrogen-bond donors (Lipinski definition) is 4. The van der Waals surface area contributed by atoms with E-state index in [9.17, 15) is 23.6 Å². The summed E-state index contributed by atoms with van der Waals surface area (Å²) in [6.45, 7) is 0.151. The van der Waals surface area contributed by atoms with Crippen molar-refractivity contribution < 1.29 is 33.4 Å². The molecule has 5 rings (SSSR count). The van der Waals surface area contributed by atoms with E-state index in [1.165, 1.54) is 6.07 Å². The largest absolute Gasteiger partial charge is 0.482 e. The molecule has 0 fully saturated rings. The van der Waals surface area contributed by atoms with Gasteiger partial charge in [0.2, 0.25) is 0 Å². The average Bonchev–Trinajstić information content (AvgIpc) is 3.52. The van der Waals surface area contributed by atoms with Crippen LogP contribution in [0.25, 0.3) is 5.65 Å². The molecule has 0 spiro atoms. The summed E-state index contributed by atoms with van der Waals surface area (Å²) in [7, 11) is 0. The van der Waals surface area contributed by atoms with Crippen LogP contribution in [0.15, 0.2) is 41.4 Å². The predicted molar refractivity (Wildman–Crippen MR) is 129 cm³/mol. The molecular weight excluding hydrogens is 507 g/mol. The number of carboxylic acid groups (broad SMARTS) is 1. The van der Waals surface area contributed by atoms with Crippen LogP contribution in [0.3, 0.4) is 0 Å². The van der Waals surface area contributed by atoms with Gasteiger partial charge in [0.25, 0.3) is 17.7 Å². The molecule has 1 atom stereocenters. The molecule has 0 aliphatic carbocycles. The van der Waals surface area contributed by atoms with Gasteiger partial charge in [-0.3, -0.25) is 14.4 Å². The second kappa shape index (κ2) is 9.89. The third-order valence-electron chi connectivity index (χ3n) is 5.58. The minimum absolute atomic E-state index is 0.0654. The minimum Gasteiger partial charge on any atom is -0.482 e. The Balaban J connectivity index is 1.30. The second-order valence-electron chi connectivity index (χ2n) is 8.16. The first kappa shape index (κ1) is 24.2. The van der Waals surface area contributed by atoms with Crippen LogP contribution in [-0.2, 0) is 16.1 Å². The van der Waals surface area contributed by atoms with E-state index in [0.29, 0.717) is 23.4 Å². The number of hydrogen-bond acceptors (Lipinski definition) is 8. The third-order valence-corrected chi connectivity index (χ3v) is 6.87. The van der Waals surface area contributed by atoms with Crippen LogP contribution in [0.2, 0.25) is 0 Å². The second-order valence-corrected chi connectivity index (χ2v) is 9.51. The highest BCUT2D eigenvalue weighted by atomic mass is 32.2. The summed E-state index contributed by atoms with van der Waals surface area (Å²) in [5.74, 6) is -2.89. The van der Waals surface area contributed by atoms with Gasteiger partial charge in [0.05, 0.1) is 16.8 Å². The van der Waals surface area contributed by atoms with Crippen molar-refractivity contribution >= 4 is 46.8 Å². The summed E-state index contributed by atoms with van der Waals surface area (Å²) in [4.78, 5) is 52.6. The van der Waals surface area contributed by atoms with E-state index in [1.807, 2.05) is 0 Å².